The van der Waals surface area contributed by atoms with Crippen LogP contribution in [0, 0.1) is 17.8 Å². The van der Waals surface area contributed by atoms with E-state index in [0.29, 0.717) is 11.3 Å². The van der Waals surface area contributed by atoms with Crippen LogP contribution in [-0.4, -0.2) is 24.5 Å². The van der Waals surface area contributed by atoms with Crippen molar-refractivity contribution in [1.29, 1.82) is 0 Å². The van der Waals surface area contributed by atoms with Crippen LogP contribution in [-0.2, 0) is 9.59 Å². The van der Waals surface area contributed by atoms with E-state index in [2.05, 4.69) is 0 Å². The molecule has 0 N–H and O–H groups in total. The molecule has 0 saturated heterocycles. The summed E-state index contributed by atoms with van der Waals surface area (Å²) in [4.78, 5) is 37.1. The summed E-state index contributed by atoms with van der Waals surface area (Å²) in [6.45, 7) is 0. The molecular weight excluding hydrogens is 268 g/mol. The number of carbonyl (C=O) groups is 3. The lowest BCUT2D eigenvalue weighted by molar-refractivity contribution is -0.123. The number of hydrogen-bond donors (Lipinski definition) is 0. The molecule has 4 atom stereocenters. The first-order chi connectivity index (χ1) is 10.1. The number of hydrogen-bond acceptors (Lipinski definition) is 4. The van der Waals surface area contributed by atoms with E-state index in [1.165, 1.54) is 0 Å². The topological polar surface area (TPSA) is 60.4 Å². The van der Waals surface area contributed by atoms with Crippen LogP contribution in [0.5, 0.6) is 5.75 Å². The summed E-state index contributed by atoms with van der Waals surface area (Å²) in [5.74, 6) is -1.05. The van der Waals surface area contributed by atoms with Crippen LogP contribution < -0.4 is 4.74 Å². The molecule has 2 bridgehead atoms. The van der Waals surface area contributed by atoms with Crippen molar-refractivity contribution in [2.75, 3.05) is 7.11 Å². The highest BCUT2D eigenvalue weighted by atomic mass is 16.5. The Labute approximate surface area is 121 Å². The predicted octanol–water partition coefficient (Wildman–Crippen LogP) is 1.94. The molecule has 4 nitrogen and oxygen atoms in total. The van der Waals surface area contributed by atoms with Gasteiger partial charge in [-0.05, 0) is 23.8 Å². The summed E-state index contributed by atoms with van der Waals surface area (Å²) in [5, 5.41) is 0. The van der Waals surface area contributed by atoms with Gasteiger partial charge >= 0.3 is 0 Å². The summed E-state index contributed by atoms with van der Waals surface area (Å²) in [6, 6.07) is 5.32. The Morgan fingerprint density at radius 1 is 1.00 bits per heavy atom. The predicted molar refractivity (Wildman–Crippen MR) is 74.3 cm³/mol. The van der Waals surface area contributed by atoms with E-state index in [4.69, 9.17) is 4.74 Å². The lowest BCUT2D eigenvalue weighted by Gasteiger charge is -2.28. The normalized spacial score (nSPS) is 32.9. The molecular formula is C17H14O4. The molecule has 5 rings (SSSR count). The maximum absolute atomic E-state index is 12.7. The Kier molecular flexibility index (Phi) is 2.46. The largest absolute Gasteiger partial charge is 0.497 e. The molecule has 4 aliphatic carbocycles. The zero-order chi connectivity index (χ0) is 14.7. The highest BCUT2D eigenvalue weighted by molar-refractivity contribution is 6.14. The molecule has 0 heterocycles. The van der Waals surface area contributed by atoms with Gasteiger partial charge in [-0.15, -0.1) is 0 Å². The van der Waals surface area contributed by atoms with Crippen molar-refractivity contribution < 1.29 is 19.1 Å². The van der Waals surface area contributed by atoms with E-state index < -0.39 is 11.8 Å². The van der Waals surface area contributed by atoms with Gasteiger partial charge in [0, 0.05) is 23.3 Å². The number of benzene rings is 1. The molecule has 21 heavy (non-hydrogen) atoms. The molecule has 1 saturated carbocycles. The molecule has 106 valence electrons. The van der Waals surface area contributed by atoms with E-state index in [0.717, 1.165) is 5.56 Å². The zero-order valence-electron chi connectivity index (χ0n) is 11.5. The van der Waals surface area contributed by atoms with Crippen LogP contribution in [0.15, 0.2) is 30.4 Å². The standard InChI is InChI=1S/C17H14O4/c1-21-8-2-3-10-12(6-8)9-4-5-11(17(10)20)16-14(19)7-13(18)15(9)16/h2-6,9,11,15-16H,7H2,1H3/t9-,11-,15+,16-/m1/s1. The molecule has 1 fully saturated rings. The number of methoxy groups -OCH3 is 1. The Bertz CT molecular complexity index is 716. The summed E-state index contributed by atoms with van der Waals surface area (Å²) >= 11 is 0. The minimum Gasteiger partial charge on any atom is -0.497 e. The van der Waals surface area contributed by atoms with Gasteiger partial charge in [0.05, 0.1) is 19.4 Å². The van der Waals surface area contributed by atoms with Gasteiger partial charge in [0.2, 0.25) is 0 Å². The SMILES string of the molecule is COc1ccc2c(c1)[C@H]1C=C[C@@H](C2=O)[C@@H]2C(=O)CC(=O)[C@@H]21. The van der Waals surface area contributed by atoms with Crippen molar-refractivity contribution in [2.45, 2.75) is 12.3 Å². The number of Topliss-reactive ketones (excluding diaryl/α,β-unsaturated/α-hetero) is 3. The maximum Gasteiger partial charge on any atom is 0.170 e. The average molecular weight is 282 g/mol. The quantitative estimate of drug-likeness (QED) is 0.583. The van der Waals surface area contributed by atoms with Gasteiger partial charge in [0.1, 0.15) is 17.3 Å². The minimum absolute atomic E-state index is 0.0312. The van der Waals surface area contributed by atoms with Crippen LogP contribution in [0.1, 0.15) is 28.3 Å². The first kappa shape index (κ1) is 12.5. The van der Waals surface area contributed by atoms with E-state index in [9.17, 15) is 14.4 Å². The van der Waals surface area contributed by atoms with Gasteiger partial charge in [0.15, 0.2) is 5.78 Å². The second-order valence-electron chi connectivity index (χ2n) is 5.91. The van der Waals surface area contributed by atoms with Gasteiger partial charge < -0.3 is 4.74 Å². The van der Waals surface area contributed by atoms with Crippen LogP contribution in [0.3, 0.4) is 0 Å². The van der Waals surface area contributed by atoms with E-state index in [1.807, 2.05) is 18.2 Å². The molecule has 0 spiro atoms. The van der Waals surface area contributed by atoms with Crippen molar-refractivity contribution in [1.82, 2.24) is 0 Å². The molecule has 4 heteroatoms. The molecule has 0 unspecified atom stereocenters. The molecule has 1 aromatic carbocycles. The lowest BCUT2D eigenvalue weighted by atomic mass is 9.72. The molecule has 1 aromatic rings. The van der Waals surface area contributed by atoms with Crippen LogP contribution in [0.4, 0.5) is 0 Å². The third-order valence-electron chi connectivity index (χ3n) is 4.96. The second-order valence-corrected chi connectivity index (χ2v) is 5.91. The zero-order valence-corrected chi connectivity index (χ0v) is 11.5. The molecule has 0 radical (unpaired) electrons. The van der Waals surface area contributed by atoms with Gasteiger partial charge in [0.25, 0.3) is 0 Å². The Balaban J connectivity index is 1.96. The fraction of sp³-hybridized carbons (Fsp3) is 0.353. The molecule has 0 aromatic heterocycles. The van der Waals surface area contributed by atoms with Crippen LogP contribution >= 0.6 is 0 Å². The molecule has 4 aliphatic rings. The van der Waals surface area contributed by atoms with Crippen LogP contribution in [0.25, 0.3) is 0 Å². The van der Waals surface area contributed by atoms with Crippen molar-refractivity contribution in [2.24, 2.45) is 17.8 Å². The first-order valence-corrected chi connectivity index (χ1v) is 7.07. The number of ketones is 3. The summed E-state index contributed by atoms with van der Waals surface area (Å²) < 4.78 is 5.23. The smallest absolute Gasteiger partial charge is 0.170 e. The highest BCUT2D eigenvalue weighted by Gasteiger charge is 2.54. The van der Waals surface area contributed by atoms with Crippen molar-refractivity contribution in [3.05, 3.63) is 41.5 Å². The monoisotopic (exact) mass is 282 g/mol. The summed E-state index contributed by atoms with van der Waals surface area (Å²) in [6.07, 6.45) is 3.71. The summed E-state index contributed by atoms with van der Waals surface area (Å²) in [7, 11) is 1.57. The maximum atomic E-state index is 12.7. The van der Waals surface area contributed by atoms with Crippen molar-refractivity contribution in [3.8, 4) is 5.75 Å². The van der Waals surface area contributed by atoms with Gasteiger partial charge in [-0.3, -0.25) is 14.4 Å². The fourth-order valence-electron chi connectivity index (χ4n) is 4.03. The Morgan fingerprint density at radius 3 is 2.38 bits per heavy atom. The summed E-state index contributed by atoms with van der Waals surface area (Å²) in [5.41, 5.74) is 1.43. The van der Waals surface area contributed by atoms with E-state index >= 15 is 0 Å². The highest BCUT2D eigenvalue weighted by Crippen LogP contribution is 2.50. The Hall–Kier alpha value is -2.23. The van der Waals surface area contributed by atoms with E-state index in [-0.39, 0.29) is 35.6 Å². The molecule has 0 amide bonds. The number of rotatable bonds is 1. The number of allylic oxidation sites excluding steroid dienone is 2. The van der Waals surface area contributed by atoms with Gasteiger partial charge in [-0.2, -0.15) is 0 Å². The van der Waals surface area contributed by atoms with Crippen molar-refractivity contribution in [3.63, 3.8) is 0 Å². The third kappa shape index (κ3) is 1.53. The fourth-order valence-corrected chi connectivity index (χ4v) is 4.03. The first-order valence-electron chi connectivity index (χ1n) is 7.07. The van der Waals surface area contributed by atoms with Gasteiger partial charge in [-0.1, -0.05) is 12.2 Å². The molecule has 0 aliphatic heterocycles. The Morgan fingerprint density at radius 2 is 1.67 bits per heavy atom. The third-order valence-corrected chi connectivity index (χ3v) is 4.96. The lowest BCUT2D eigenvalue weighted by Crippen LogP contribution is -2.33. The second kappa shape index (κ2) is 4.13. The average Bonchev–Trinajstić information content (AvgIpc) is 2.67. The van der Waals surface area contributed by atoms with E-state index in [1.54, 1.807) is 19.2 Å². The number of ether oxygens (including phenoxy) is 1. The minimum atomic E-state index is -0.486. The number of carbonyl (C=O) groups excluding carboxylic acids is 3. The van der Waals surface area contributed by atoms with Gasteiger partial charge in [-0.25, -0.2) is 0 Å². The van der Waals surface area contributed by atoms with Crippen molar-refractivity contribution >= 4 is 17.3 Å². The van der Waals surface area contributed by atoms with Crippen LogP contribution in [0.2, 0.25) is 0 Å².